The molecule has 4 rings (SSSR count). The zero-order valence-electron chi connectivity index (χ0n) is 16.7. The summed E-state index contributed by atoms with van der Waals surface area (Å²) >= 11 is 6.46. The van der Waals surface area contributed by atoms with E-state index in [2.05, 4.69) is 10.3 Å². The lowest BCUT2D eigenvalue weighted by Gasteiger charge is -2.16. The first-order valence-corrected chi connectivity index (χ1v) is 10.1. The predicted octanol–water partition coefficient (Wildman–Crippen LogP) is 3.71. The number of ether oxygens (including phenoxy) is 1. The van der Waals surface area contributed by atoms with E-state index in [-0.39, 0.29) is 16.8 Å². The Labute approximate surface area is 177 Å². The Hall–Kier alpha value is -3.24. The molecule has 30 heavy (non-hydrogen) atoms. The number of fused-ring (bicyclic) bond motifs is 1. The minimum atomic E-state index is -0.441. The Kier molecular flexibility index (Phi) is 5.27. The van der Waals surface area contributed by atoms with Crippen LogP contribution in [-0.2, 0) is 7.05 Å². The number of halogens is 1. The van der Waals surface area contributed by atoms with Crippen molar-refractivity contribution in [2.75, 3.05) is 11.9 Å². The van der Waals surface area contributed by atoms with Gasteiger partial charge in [0.15, 0.2) is 0 Å². The highest BCUT2D eigenvalue weighted by Crippen LogP contribution is 2.35. The Morgan fingerprint density at radius 1 is 1.33 bits per heavy atom. The molecule has 1 aliphatic carbocycles. The van der Waals surface area contributed by atoms with Gasteiger partial charge < -0.3 is 19.6 Å². The van der Waals surface area contributed by atoms with Crippen molar-refractivity contribution in [3.05, 3.63) is 67.3 Å². The molecule has 8 heteroatoms. The lowest BCUT2D eigenvalue weighted by atomic mass is 10.1. The van der Waals surface area contributed by atoms with Gasteiger partial charge in [0, 0.05) is 18.0 Å². The molecule has 2 N–H and O–H groups in total. The van der Waals surface area contributed by atoms with E-state index >= 15 is 0 Å². The Bertz CT molecular complexity index is 1280. The third-order valence-electron chi connectivity index (χ3n) is 5.38. The molecule has 154 valence electrons. The SMILES string of the molecule is C[C@H](Nc1ccc(C#N)n(C)c1=O)c1cc2ccc(OCC3CC3)c(Cl)c2[nH]c1=O. The van der Waals surface area contributed by atoms with Crippen LogP contribution in [0.3, 0.4) is 0 Å². The number of anilines is 1. The summed E-state index contributed by atoms with van der Waals surface area (Å²) in [7, 11) is 1.53. The molecular formula is C22H21ClN4O3. The van der Waals surface area contributed by atoms with Crippen LogP contribution in [0, 0.1) is 17.2 Å². The van der Waals surface area contributed by atoms with Crippen molar-refractivity contribution in [2.24, 2.45) is 13.0 Å². The Balaban J connectivity index is 1.64. The van der Waals surface area contributed by atoms with Gasteiger partial charge in [0.25, 0.3) is 11.1 Å². The molecule has 7 nitrogen and oxygen atoms in total. The zero-order chi connectivity index (χ0) is 21.4. The number of benzene rings is 1. The van der Waals surface area contributed by atoms with Crippen molar-refractivity contribution in [3.8, 4) is 11.8 Å². The van der Waals surface area contributed by atoms with Crippen LogP contribution in [0.4, 0.5) is 5.69 Å². The molecule has 0 aliphatic heterocycles. The zero-order valence-corrected chi connectivity index (χ0v) is 17.4. The molecule has 0 saturated heterocycles. The number of pyridine rings is 2. The molecule has 1 saturated carbocycles. The maximum Gasteiger partial charge on any atom is 0.274 e. The van der Waals surface area contributed by atoms with Crippen LogP contribution in [0.5, 0.6) is 5.75 Å². The average molecular weight is 425 g/mol. The van der Waals surface area contributed by atoms with E-state index in [9.17, 15) is 9.59 Å². The van der Waals surface area contributed by atoms with Gasteiger partial charge in [-0.2, -0.15) is 5.26 Å². The van der Waals surface area contributed by atoms with Crippen LogP contribution in [0.2, 0.25) is 5.02 Å². The molecule has 1 aromatic carbocycles. The van der Waals surface area contributed by atoms with Gasteiger partial charge in [0.1, 0.15) is 28.2 Å². The number of hydrogen-bond acceptors (Lipinski definition) is 5. The fourth-order valence-electron chi connectivity index (χ4n) is 3.33. The highest BCUT2D eigenvalue weighted by Gasteiger charge is 2.23. The highest BCUT2D eigenvalue weighted by atomic mass is 35.5. The van der Waals surface area contributed by atoms with Crippen LogP contribution in [0.25, 0.3) is 10.9 Å². The first kappa shape index (κ1) is 20.0. The van der Waals surface area contributed by atoms with Crippen molar-refractivity contribution in [1.29, 1.82) is 5.26 Å². The lowest BCUT2D eigenvalue weighted by molar-refractivity contribution is 0.300. The standard InChI is InChI=1S/C22H21ClN4O3/c1-12(25-17-7-6-15(10-24)27(2)22(17)29)16-9-14-5-8-18(30-11-13-3-4-13)19(23)20(14)26-21(16)28/h5-9,12-13,25H,3-4,11H2,1-2H3,(H,26,28)/t12-/m0/s1. The van der Waals surface area contributed by atoms with Gasteiger partial charge in [-0.15, -0.1) is 0 Å². The molecule has 0 bridgehead atoms. The van der Waals surface area contributed by atoms with E-state index in [1.807, 2.05) is 18.2 Å². The van der Waals surface area contributed by atoms with Gasteiger partial charge in [0.05, 0.1) is 18.2 Å². The van der Waals surface area contributed by atoms with E-state index in [4.69, 9.17) is 21.6 Å². The van der Waals surface area contributed by atoms with Gasteiger partial charge in [-0.1, -0.05) is 11.6 Å². The molecule has 3 aromatic rings. The summed E-state index contributed by atoms with van der Waals surface area (Å²) in [4.78, 5) is 28.0. The predicted molar refractivity (Wildman–Crippen MR) is 116 cm³/mol. The summed E-state index contributed by atoms with van der Waals surface area (Å²) in [5, 5.41) is 13.3. The van der Waals surface area contributed by atoms with Gasteiger partial charge in [-0.25, -0.2) is 0 Å². The Morgan fingerprint density at radius 2 is 2.10 bits per heavy atom. The van der Waals surface area contributed by atoms with E-state index < -0.39 is 6.04 Å². The van der Waals surface area contributed by atoms with Crippen LogP contribution >= 0.6 is 11.6 Å². The van der Waals surface area contributed by atoms with Gasteiger partial charge in [-0.3, -0.25) is 9.59 Å². The molecular weight excluding hydrogens is 404 g/mol. The Morgan fingerprint density at radius 3 is 2.80 bits per heavy atom. The van der Waals surface area contributed by atoms with Gasteiger partial charge in [-0.05, 0) is 56.0 Å². The van der Waals surface area contributed by atoms with Crippen LogP contribution in [0.1, 0.15) is 37.1 Å². The molecule has 0 radical (unpaired) electrons. The quantitative estimate of drug-likeness (QED) is 0.628. The van der Waals surface area contributed by atoms with E-state index in [0.29, 0.717) is 40.1 Å². The number of aromatic nitrogens is 2. The first-order chi connectivity index (χ1) is 14.4. The summed E-state index contributed by atoms with van der Waals surface area (Å²) in [5.74, 6) is 1.16. The first-order valence-electron chi connectivity index (χ1n) is 9.74. The van der Waals surface area contributed by atoms with Crippen molar-refractivity contribution in [1.82, 2.24) is 9.55 Å². The molecule has 2 heterocycles. The minimum Gasteiger partial charge on any atom is -0.492 e. The number of hydrogen-bond donors (Lipinski definition) is 2. The smallest absolute Gasteiger partial charge is 0.274 e. The highest BCUT2D eigenvalue weighted by molar-refractivity contribution is 6.36. The number of nitrogens with one attached hydrogen (secondary N) is 2. The second-order valence-corrected chi connectivity index (χ2v) is 8.00. The maximum absolute atomic E-state index is 12.7. The van der Waals surface area contributed by atoms with Gasteiger partial charge in [0.2, 0.25) is 0 Å². The summed E-state index contributed by atoms with van der Waals surface area (Å²) < 4.78 is 7.05. The normalized spacial score (nSPS) is 14.3. The fraction of sp³-hybridized carbons (Fsp3) is 0.318. The number of nitriles is 1. The van der Waals surface area contributed by atoms with Crippen molar-refractivity contribution >= 4 is 28.2 Å². The molecule has 1 atom stereocenters. The van der Waals surface area contributed by atoms with E-state index in [0.717, 1.165) is 5.39 Å². The monoisotopic (exact) mass is 424 g/mol. The van der Waals surface area contributed by atoms with E-state index in [1.54, 1.807) is 25.1 Å². The molecule has 0 spiro atoms. The number of rotatable bonds is 6. The lowest BCUT2D eigenvalue weighted by Crippen LogP contribution is -2.26. The number of H-pyrrole nitrogens is 1. The summed E-state index contributed by atoms with van der Waals surface area (Å²) in [5.41, 5.74) is 0.936. The second-order valence-electron chi connectivity index (χ2n) is 7.62. The molecule has 0 amide bonds. The largest absolute Gasteiger partial charge is 0.492 e. The molecule has 2 aromatic heterocycles. The molecule has 1 aliphatic rings. The fourth-order valence-corrected chi connectivity index (χ4v) is 3.61. The number of nitrogens with zero attached hydrogens (tertiary/aromatic N) is 2. The van der Waals surface area contributed by atoms with Crippen molar-refractivity contribution in [2.45, 2.75) is 25.8 Å². The van der Waals surface area contributed by atoms with Crippen LogP contribution in [0.15, 0.2) is 39.9 Å². The van der Waals surface area contributed by atoms with Gasteiger partial charge >= 0.3 is 0 Å². The summed E-state index contributed by atoms with van der Waals surface area (Å²) in [6, 6.07) is 10.1. The third-order valence-corrected chi connectivity index (χ3v) is 5.75. The third kappa shape index (κ3) is 3.79. The minimum absolute atomic E-state index is 0.260. The van der Waals surface area contributed by atoms with Crippen molar-refractivity contribution in [3.63, 3.8) is 0 Å². The topological polar surface area (TPSA) is 99.9 Å². The average Bonchev–Trinajstić information content (AvgIpc) is 3.55. The molecule has 1 fully saturated rings. The second kappa shape index (κ2) is 7.88. The number of aromatic amines is 1. The van der Waals surface area contributed by atoms with Crippen LogP contribution < -0.4 is 21.2 Å². The van der Waals surface area contributed by atoms with Crippen LogP contribution in [-0.4, -0.2) is 16.2 Å². The summed E-state index contributed by atoms with van der Waals surface area (Å²) in [6.07, 6.45) is 2.36. The summed E-state index contributed by atoms with van der Waals surface area (Å²) in [6.45, 7) is 2.43. The van der Waals surface area contributed by atoms with Crippen molar-refractivity contribution < 1.29 is 4.74 Å². The maximum atomic E-state index is 12.7. The molecule has 0 unspecified atom stereocenters. The van der Waals surface area contributed by atoms with E-state index in [1.165, 1.54) is 24.5 Å².